The Labute approximate surface area is 180 Å². The molecule has 0 aliphatic heterocycles. The van der Waals surface area contributed by atoms with Crippen molar-refractivity contribution in [2.24, 2.45) is 39.4 Å². The van der Waals surface area contributed by atoms with Gasteiger partial charge in [-0.1, -0.05) is 34.6 Å². The van der Waals surface area contributed by atoms with Gasteiger partial charge in [0.15, 0.2) is 11.6 Å². The van der Waals surface area contributed by atoms with Crippen molar-refractivity contribution < 1.29 is 14.4 Å². The minimum Gasteiger partial charge on any atom is -0.299 e. The Morgan fingerprint density at radius 1 is 0.867 bits per heavy atom. The number of carbonyl (C=O) groups is 3. The molecular formula is C27H36O3. The molecule has 0 unspecified atom stereocenters. The molecule has 3 nitrogen and oxygen atoms in total. The molecule has 3 fully saturated rings. The van der Waals surface area contributed by atoms with Gasteiger partial charge in [-0.2, -0.15) is 0 Å². The van der Waals surface area contributed by atoms with Gasteiger partial charge >= 0.3 is 0 Å². The fourth-order valence-corrected chi connectivity index (χ4v) is 9.40. The molecule has 0 amide bonds. The first-order chi connectivity index (χ1) is 13.9. The number of carbonyl (C=O) groups excluding carboxylic acids is 3. The lowest BCUT2D eigenvalue weighted by atomic mass is 9.37. The third-order valence-electron chi connectivity index (χ3n) is 10.6. The summed E-state index contributed by atoms with van der Waals surface area (Å²) in [6.45, 7) is 13.3. The first kappa shape index (κ1) is 20.4. The van der Waals surface area contributed by atoms with E-state index in [0.717, 1.165) is 49.7 Å². The van der Waals surface area contributed by atoms with Crippen molar-refractivity contribution in [2.45, 2.75) is 86.5 Å². The summed E-state index contributed by atoms with van der Waals surface area (Å²) >= 11 is 0. The summed E-state index contributed by atoms with van der Waals surface area (Å²) in [5, 5.41) is 0. The van der Waals surface area contributed by atoms with E-state index in [4.69, 9.17) is 0 Å². The van der Waals surface area contributed by atoms with Crippen LogP contribution < -0.4 is 0 Å². The van der Waals surface area contributed by atoms with Gasteiger partial charge in [0.25, 0.3) is 0 Å². The predicted molar refractivity (Wildman–Crippen MR) is 117 cm³/mol. The molecule has 162 valence electrons. The van der Waals surface area contributed by atoms with E-state index in [1.54, 1.807) is 13.0 Å². The lowest BCUT2D eigenvalue weighted by molar-refractivity contribution is -0.184. The lowest BCUT2D eigenvalue weighted by Crippen LogP contribution is -2.62. The molecule has 0 heterocycles. The fourth-order valence-electron chi connectivity index (χ4n) is 9.40. The number of hydrogen-bond acceptors (Lipinski definition) is 3. The largest absolute Gasteiger partial charge is 0.299 e. The van der Waals surface area contributed by atoms with Crippen LogP contribution in [0.1, 0.15) is 86.5 Å². The molecule has 5 aliphatic carbocycles. The molecular weight excluding hydrogens is 372 g/mol. The van der Waals surface area contributed by atoms with Gasteiger partial charge in [0.2, 0.25) is 0 Å². The molecule has 0 aromatic heterocycles. The third kappa shape index (κ3) is 2.25. The van der Waals surface area contributed by atoms with Gasteiger partial charge in [-0.15, -0.1) is 0 Å². The van der Waals surface area contributed by atoms with Crippen LogP contribution in [0.25, 0.3) is 0 Å². The van der Waals surface area contributed by atoms with Crippen molar-refractivity contribution in [2.75, 3.05) is 0 Å². The average molecular weight is 409 g/mol. The number of rotatable bonds is 0. The molecule has 5 rings (SSSR count). The highest BCUT2D eigenvalue weighted by Crippen LogP contribution is 2.73. The number of ketones is 3. The number of Topliss-reactive ketones (excluding diaryl/α,β-unsaturated/α-hetero) is 2. The third-order valence-corrected chi connectivity index (χ3v) is 10.6. The van der Waals surface area contributed by atoms with Crippen molar-refractivity contribution in [3.8, 4) is 0 Å². The van der Waals surface area contributed by atoms with Gasteiger partial charge in [-0.3, -0.25) is 14.4 Å². The standard InChI is InChI=1S/C27H36O3/c1-15-13-17(28)16-14-25(4)10-7-19-26(5)12-9-20(29)24(2,3)18(26)8-11-27(19,6)23(25)21(16)22(15)30/h13,18-19,23H,7-12,14H2,1-6H3/t18-,19-,23-,25-,26-,27-/m0/s1. The molecule has 0 aromatic rings. The van der Waals surface area contributed by atoms with Gasteiger partial charge in [-0.05, 0) is 85.5 Å². The number of allylic oxidation sites excluding steroid dienone is 4. The normalized spacial score (nSPS) is 47.3. The van der Waals surface area contributed by atoms with Crippen LogP contribution in [0.5, 0.6) is 0 Å². The maximum Gasteiger partial charge on any atom is 0.185 e. The molecule has 3 saturated carbocycles. The summed E-state index contributed by atoms with van der Waals surface area (Å²) in [4.78, 5) is 39.0. The lowest BCUT2D eigenvalue weighted by Gasteiger charge is -2.67. The van der Waals surface area contributed by atoms with E-state index < -0.39 is 0 Å². The maximum absolute atomic E-state index is 13.4. The van der Waals surface area contributed by atoms with E-state index in [1.807, 2.05) is 0 Å². The monoisotopic (exact) mass is 408 g/mol. The maximum atomic E-state index is 13.4. The van der Waals surface area contributed by atoms with Gasteiger partial charge in [0.05, 0.1) is 0 Å². The van der Waals surface area contributed by atoms with Crippen molar-refractivity contribution >= 4 is 17.3 Å². The first-order valence-corrected chi connectivity index (χ1v) is 11.9. The van der Waals surface area contributed by atoms with Crippen LogP contribution in [0, 0.1) is 39.4 Å². The van der Waals surface area contributed by atoms with E-state index in [2.05, 4.69) is 34.6 Å². The van der Waals surface area contributed by atoms with Gasteiger partial charge in [0, 0.05) is 28.6 Å². The summed E-state index contributed by atoms with van der Waals surface area (Å²) in [5.41, 5.74) is 2.17. The van der Waals surface area contributed by atoms with Crippen LogP contribution in [0.15, 0.2) is 22.8 Å². The quantitative estimate of drug-likeness (QED) is 0.488. The smallest absolute Gasteiger partial charge is 0.185 e. The highest BCUT2D eigenvalue weighted by atomic mass is 16.1. The molecule has 0 bridgehead atoms. The topological polar surface area (TPSA) is 51.2 Å². The van der Waals surface area contributed by atoms with Gasteiger partial charge in [-0.25, -0.2) is 0 Å². The Morgan fingerprint density at radius 3 is 2.23 bits per heavy atom. The second-order valence-corrected chi connectivity index (χ2v) is 12.5. The zero-order chi connectivity index (χ0) is 21.9. The molecule has 0 spiro atoms. The molecule has 0 saturated heterocycles. The van der Waals surface area contributed by atoms with E-state index in [9.17, 15) is 14.4 Å². The van der Waals surface area contributed by atoms with Crippen molar-refractivity contribution in [3.05, 3.63) is 22.8 Å². The first-order valence-electron chi connectivity index (χ1n) is 11.9. The fraction of sp³-hybridized carbons (Fsp3) is 0.741. The van der Waals surface area contributed by atoms with E-state index in [0.29, 0.717) is 29.6 Å². The average Bonchev–Trinajstić information content (AvgIpc) is 2.98. The Hall–Kier alpha value is -1.51. The van der Waals surface area contributed by atoms with Crippen LogP contribution in [-0.2, 0) is 14.4 Å². The second-order valence-electron chi connectivity index (χ2n) is 12.5. The van der Waals surface area contributed by atoms with Crippen molar-refractivity contribution in [3.63, 3.8) is 0 Å². The molecule has 5 aliphatic rings. The summed E-state index contributed by atoms with van der Waals surface area (Å²) in [6, 6.07) is 0. The molecule has 3 heteroatoms. The highest BCUT2D eigenvalue weighted by molar-refractivity contribution is 6.23. The summed E-state index contributed by atoms with van der Waals surface area (Å²) in [5.74, 6) is 1.68. The Balaban J connectivity index is 1.63. The molecule has 0 aromatic carbocycles. The van der Waals surface area contributed by atoms with Crippen LogP contribution in [0.2, 0.25) is 0 Å². The van der Waals surface area contributed by atoms with Crippen LogP contribution in [0.4, 0.5) is 0 Å². The Bertz CT molecular complexity index is 949. The predicted octanol–water partition coefficient (Wildman–Crippen LogP) is 5.63. The van der Waals surface area contributed by atoms with Crippen molar-refractivity contribution in [1.82, 2.24) is 0 Å². The van der Waals surface area contributed by atoms with Crippen LogP contribution in [-0.4, -0.2) is 17.3 Å². The minimum atomic E-state index is -0.259. The van der Waals surface area contributed by atoms with Crippen molar-refractivity contribution in [1.29, 1.82) is 0 Å². The summed E-state index contributed by atoms with van der Waals surface area (Å²) in [6.07, 6.45) is 8.30. The zero-order valence-corrected chi connectivity index (χ0v) is 19.5. The Morgan fingerprint density at radius 2 is 1.53 bits per heavy atom. The molecule has 30 heavy (non-hydrogen) atoms. The van der Waals surface area contributed by atoms with E-state index in [-0.39, 0.29) is 39.1 Å². The number of fused-ring (bicyclic) bond motifs is 6. The van der Waals surface area contributed by atoms with Crippen LogP contribution in [0.3, 0.4) is 0 Å². The second kappa shape index (κ2) is 5.84. The summed E-state index contributed by atoms with van der Waals surface area (Å²) < 4.78 is 0. The Kier molecular flexibility index (Phi) is 3.97. The zero-order valence-electron chi connectivity index (χ0n) is 19.5. The van der Waals surface area contributed by atoms with E-state index >= 15 is 0 Å². The SMILES string of the molecule is CC1=CC(=O)C2=C(C1=O)[C@H]1[C@@](C)(CC[C@@H]3[C@]1(C)CC[C@H]1C(C)(C)C(=O)CC[C@]31C)C2. The van der Waals surface area contributed by atoms with Gasteiger partial charge < -0.3 is 0 Å². The minimum absolute atomic E-state index is 0.00287. The van der Waals surface area contributed by atoms with E-state index in [1.165, 1.54) is 0 Å². The molecule has 0 N–H and O–H groups in total. The molecule has 0 radical (unpaired) electrons. The van der Waals surface area contributed by atoms with Gasteiger partial charge in [0.1, 0.15) is 5.78 Å². The molecule has 6 atom stereocenters. The highest BCUT2D eigenvalue weighted by Gasteiger charge is 2.68. The summed E-state index contributed by atoms with van der Waals surface area (Å²) in [7, 11) is 0. The number of hydrogen-bond donors (Lipinski definition) is 0. The van der Waals surface area contributed by atoms with Crippen LogP contribution >= 0.6 is 0 Å².